The fourth-order valence-corrected chi connectivity index (χ4v) is 3.04. The SMILES string of the molecule is O=C(OCc1c(F)cc(OCc2cccs2)cc1F)N1CCNCC1. The van der Waals surface area contributed by atoms with Gasteiger partial charge in [-0.15, -0.1) is 11.3 Å². The molecule has 0 radical (unpaired) electrons. The standard InChI is InChI=1S/C17H18F2N2O3S/c18-15-8-12(23-10-13-2-1-7-25-13)9-16(19)14(15)11-24-17(22)21-5-3-20-4-6-21/h1-2,7-9,20H,3-6,10-11H2. The molecule has 1 aromatic heterocycles. The predicted molar refractivity (Wildman–Crippen MR) is 89.6 cm³/mol. The molecule has 1 aliphatic heterocycles. The fourth-order valence-electron chi connectivity index (χ4n) is 2.42. The van der Waals surface area contributed by atoms with Gasteiger partial charge in [-0.3, -0.25) is 0 Å². The molecule has 0 bridgehead atoms. The van der Waals surface area contributed by atoms with Crippen LogP contribution in [0.15, 0.2) is 29.6 Å². The Balaban J connectivity index is 1.58. The molecule has 1 saturated heterocycles. The molecule has 1 N–H and O–H groups in total. The Bertz CT molecular complexity index is 696. The van der Waals surface area contributed by atoms with E-state index in [1.54, 1.807) is 0 Å². The third kappa shape index (κ3) is 4.67. The molecule has 0 atom stereocenters. The number of carbonyl (C=O) groups is 1. The first-order valence-electron chi connectivity index (χ1n) is 7.89. The Kier molecular flexibility index (Phi) is 5.83. The summed E-state index contributed by atoms with van der Waals surface area (Å²) in [6.07, 6.45) is -0.571. The van der Waals surface area contributed by atoms with Crippen LogP contribution in [0.3, 0.4) is 0 Å². The number of ether oxygens (including phenoxy) is 2. The third-order valence-electron chi connectivity index (χ3n) is 3.79. The second kappa shape index (κ2) is 8.26. The van der Waals surface area contributed by atoms with Gasteiger partial charge in [-0.25, -0.2) is 13.6 Å². The van der Waals surface area contributed by atoms with Gasteiger partial charge >= 0.3 is 6.09 Å². The summed E-state index contributed by atoms with van der Waals surface area (Å²) in [6.45, 7) is 2.17. The molecule has 0 unspecified atom stereocenters. The van der Waals surface area contributed by atoms with Crippen LogP contribution in [0, 0.1) is 11.6 Å². The lowest BCUT2D eigenvalue weighted by Gasteiger charge is -2.26. The number of hydrogen-bond acceptors (Lipinski definition) is 5. The van der Waals surface area contributed by atoms with Gasteiger partial charge in [-0.05, 0) is 11.4 Å². The lowest BCUT2D eigenvalue weighted by Crippen LogP contribution is -2.46. The highest BCUT2D eigenvalue weighted by molar-refractivity contribution is 7.09. The monoisotopic (exact) mass is 368 g/mol. The lowest BCUT2D eigenvalue weighted by molar-refractivity contribution is 0.0899. The van der Waals surface area contributed by atoms with Gasteiger partial charge in [-0.2, -0.15) is 0 Å². The molecule has 0 aliphatic carbocycles. The van der Waals surface area contributed by atoms with E-state index in [0.29, 0.717) is 26.2 Å². The van der Waals surface area contributed by atoms with Crippen molar-refractivity contribution >= 4 is 17.4 Å². The number of thiophene rings is 1. The van der Waals surface area contributed by atoms with Crippen LogP contribution < -0.4 is 10.1 Å². The molecule has 0 saturated carbocycles. The minimum atomic E-state index is -0.797. The predicted octanol–water partition coefficient (Wildman–Crippen LogP) is 3.15. The zero-order valence-electron chi connectivity index (χ0n) is 13.5. The molecule has 25 heavy (non-hydrogen) atoms. The maximum Gasteiger partial charge on any atom is 0.410 e. The van der Waals surface area contributed by atoms with E-state index in [9.17, 15) is 13.6 Å². The largest absolute Gasteiger partial charge is 0.488 e. The number of nitrogens with zero attached hydrogens (tertiary/aromatic N) is 1. The normalized spacial score (nSPS) is 14.4. The minimum Gasteiger partial charge on any atom is -0.488 e. The summed E-state index contributed by atoms with van der Waals surface area (Å²) in [5.74, 6) is -1.50. The summed E-state index contributed by atoms with van der Waals surface area (Å²) in [5, 5.41) is 5.01. The van der Waals surface area contributed by atoms with Crippen molar-refractivity contribution in [1.29, 1.82) is 0 Å². The quantitative estimate of drug-likeness (QED) is 0.881. The van der Waals surface area contributed by atoms with Gasteiger partial charge in [0.2, 0.25) is 0 Å². The van der Waals surface area contributed by atoms with Gasteiger partial charge < -0.3 is 19.7 Å². The van der Waals surface area contributed by atoms with Crippen molar-refractivity contribution in [2.75, 3.05) is 26.2 Å². The lowest BCUT2D eigenvalue weighted by atomic mass is 10.2. The summed E-state index contributed by atoms with van der Waals surface area (Å²) in [6, 6.07) is 5.96. The smallest absolute Gasteiger partial charge is 0.410 e. The number of nitrogens with one attached hydrogen (secondary N) is 1. The first-order valence-corrected chi connectivity index (χ1v) is 8.77. The van der Waals surface area contributed by atoms with Crippen LogP contribution in [0.2, 0.25) is 0 Å². The second-order valence-electron chi connectivity index (χ2n) is 5.53. The molecule has 1 aromatic carbocycles. The zero-order valence-corrected chi connectivity index (χ0v) is 14.3. The summed E-state index contributed by atoms with van der Waals surface area (Å²) in [4.78, 5) is 14.4. The van der Waals surface area contributed by atoms with Crippen molar-refractivity contribution in [3.63, 3.8) is 0 Å². The molecule has 0 spiro atoms. The molecule has 1 aliphatic rings. The number of amides is 1. The van der Waals surface area contributed by atoms with Crippen molar-refractivity contribution in [3.05, 3.63) is 51.7 Å². The first-order chi connectivity index (χ1) is 12.1. The second-order valence-corrected chi connectivity index (χ2v) is 6.56. The summed E-state index contributed by atoms with van der Waals surface area (Å²) >= 11 is 1.50. The van der Waals surface area contributed by atoms with Crippen molar-refractivity contribution in [1.82, 2.24) is 10.2 Å². The Morgan fingerprint density at radius 3 is 2.56 bits per heavy atom. The average Bonchev–Trinajstić information content (AvgIpc) is 3.13. The molecular weight excluding hydrogens is 350 g/mol. The molecule has 134 valence electrons. The van der Waals surface area contributed by atoms with Gasteiger partial charge in [-0.1, -0.05) is 6.07 Å². The Morgan fingerprint density at radius 2 is 1.92 bits per heavy atom. The molecule has 2 heterocycles. The van der Waals surface area contributed by atoms with Gasteiger partial charge in [0.1, 0.15) is 30.6 Å². The van der Waals surface area contributed by atoms with E-state index in [2.05, 4.69) is 5.32 Å². The molecule has 3 rings (SSSR count). The Labute approximate surface area is 148 Å². The summed E-state index contributed by atoms with van der Waals surface area (Å²) in [5.41, 5.74) is -0.285. The van der Waals surface area contributed by atoms with Crippen LogP contribution in [0.25, 0.3) is 0 Å². The third-order valence-corrected chi connectivity index (χ3v) is 4.64. The molecule has 8 heteroatoms. The van der Waals surface area contributed by atoms with E-state index < -0.39 is 24.3 Å². The van der Waals surface area contributed by atoms with Crippen molar-refractivity contribution in [2.45, 2.75) is 13.2 Å². The number of halogens is 2. The van der Waals surface area contributed by atoms with Crippen LogP contribution in [-0.2, 0) is 18.0 Å². The molecule has 1 amide bonds. The number of carbonyl (C=O) groups excluding carboxylic acids is 1. The van der Waals surface area contributed by atoms with Gasteiger partial charge in [0.05, 0.1) is 5.56 Å². The fraction of sp³-hybridized carbons (Fsp3) is 0.353. The molecular formula is C17H18F2N2O3S. The van der Waals surface area contributed by atoms with Gasteiger partial charge in [0, 0.05) is 43.2 Å². The van der Waals surface area contributed by atoms with Crippen molar-refractivity contribution in [3.8, 4) is 5.75 Å². The highest BCUT2D eigenvalue weighted by atomic mass is 32.1. The van der Waals surface area contributed by atoms with Crippen molar-refractivity contribution in [2.24, 2.45) is 0 Å². The number of benzene rings is 1. The van der Waals surface area contributed by atoms with E-state index >= 15 is 0 Å². The molecule has 1 fully saturated rings. The van der Waals surface area contributed by atoms with E-state index in [1.807, 2.05) is 17.5 Å². The minimum absolute atomic E-state index is 0.0978. The maximum atomic E-state index is 14.1. The van der Waals surface area contributed by atoms with E-state index in [-0.39, 0.29) is 17.9 Å². The highest BCUT2D eigenvalue weighted by Crippen LogP contribution is 2.23. The number of rotatable bonds is 5. The van der Waals surface area contributed by atoms with Crippen LogP contribution >= 0.6 is 11.3 Å². The molecule has 2 aromatic rings. The van der Waals surface area contributed by atoms with Crippen LogP contribution in [0.4, 0.5) is 13.6 Å². The van der Waals surface area contributed by atoms with Crippen molar-refractivity contribution < 1.29 is 23.0 Å². The number of hydrogen-bond donors (Lipinski definition) is 1. The number of piperazine rings is 1. The summed E-state index contributed by atoms with van der Waals surface area (Å²) < 4.78 is 38.7. The van der Waals surface area contributed by atoms with E-state index in [1.165, 1.54) is 16.2 Å². The van der Waals surface area contributed by atoms with Crippen LogP contribution in [0.5, 0.6) is 5.75 Å². The maximum absolute atomic E-state index is 14.1. The van der Waals surface area contributed by atoms with Gasteiger partial charge in [0.15, 0.2) is 0 Å². The zero-order chi connectivity index (χ0) is 17.6. The first kappa shape index (κ1) is 17.6. The van der Waals surface area contributed by atoms with E-state index in [4.69, 9.17) is 9.47 Å². The highest BCUT2D eigenvalue weighted by Gasteiger charge is 2.19. The van der Waals surface area contributed by atoms with Gasteiger partial charge in [0.25, 0.3) is 0 Å². The van der Waals surface area contributed by atoms with Crippen LogP contribution in [-0.4, -0.2) is 37.2 Å². The Hall–Kier alpha value is -2.19. The average molecular weight is 368 g/mol. The van der Waals surface area contributed by atoms with E-state index in [0.717, 1.165) is 17.0 Å². The molecule has 5 nitrogen and oxygen atoms in total. The Morgan fingerprint density at radius 1 is 1.20 bits per heavy atom. The summed E-state index contributed by atoms with van der Waals surface area (Å²) in [7, 11) is 0. The topological polar surface area (TPSA) is 50.8 Å². The van der Waals surface area contributed by atoms with Crippen LogP contribution in [0.1, 0.15) is 10.4 Å².